The zero-order valence-corrected chi connectivity index (χ0v) is 20.0. The number of nitrogens with zero attached hydrogens (tertiary/aromatic N) is 4. The number of carbonyl (C=O) groups excluding carboxylic acids is 1. The van der Waals surface area contributed by atoms with Crippen LogP contribution in [0.25, 0.3) is 55.2 Å². The molecule has 5 aromatic heterocycles. The summed E-state index contributed by atoms with van der Waals surface area (Å²) >= 11 is 1.60. The molecule has 0 radical (unpaired) electrons. The van der Waals surface area contributed by atoms with Crippen LogP contribution in [0, 0.1) is 5.82 Å². The number of benzene rings is 1. The van der Waals surface area contributed by atoms with E-state index in [9.17, 15) is 4.79 Å². The Morgan fingerprint density at radius 3 is 2.89 bits per heavy atom. The van der Waals surface area contributed by atoms with Gasteiger partial charge in [-0.15, -0.1) is 11.3 Å². The maximum atomic E-state index is 15.1. The molecule has 178 valence electrons. The second-order valence-corrected chi connectivity index (χ2v) is 9.28. The summed E-state index contributed by atoms with van der Waals surface area (Å²) in [7, 11) is 0. The van der Waals surface area contributed by atoms with Crippen LogP contribution in [0.3, 0.4) is 0 Å². The van der Waals surface area contributed by atoms with Crippen molar-refractivity contribution in [1.29, 1.82) is 0 Å². The molecule has 0 fully saturated rings. The summed E-state index contributed by atoms with van der Waals surface area (Å²) in [5.41, 5.74) is 4.90. The molecule has 36 heavy (non-hydrogen) atoms. The van der Waals surface area contributed by atoms with E-state index in [0.29, 0.717) is 45.7 Å². The van der Waals surface area contributed by atoms with Gasteiger partial charge < -0.3 is 10.3 Å². The molecule has 0 saturated heterocycles. The fraction of sp³-hybridized carbons (Fsp3) is 0.115. The molecule has 0 atom stereocenters. The first-order valence-corrected chi connectivity index (χ1v) is 12.3. The summed E-state index contributed by atoms with van der Waals surface area (Å²) < 4.78 is 15.1. The summed E-state index contributed by atoms with van der Waals surface area (Å²) in [5.74, 6) is 0.0226. The number of thiophene rings is 1. The number of aromatic nitrogens is 6. The lowest BCUT2D eigenvalue weighted by molar-refractivity contribution is -0.116. The normalized spacial score (nSPS) is 11.4. The van der Waals surface area contributed by atoms with E-state index in [0.717, 1.165) is 28.0 Å². The smallest absolute Gasteiger partial charge is 0.224 e. The molecular weight excluding hydrogens is 477 g/mol. The van der Waals surface area contributed by atoms with Crippen LogP contribution in [-0.4, -0.2) is 36.0 Å². The van der Waals surface area contributed by atoms with Gasteiger partial charge in [0.15, 0.2) is 5.82 Å². The Bertz CT molecular complexity index is 1720. The van der Waals surface area contributed by atoms with Gasteiger partial charge >= 0.3 is 0 Å². The van der Waals surface area contributed by atoms with E-state index in [4.69, 9.17) is 4.98 Å². The van der Waals surface area contributed by atoms with E-state index >= 15 is 4.39 Å². The Hall–Kier alpha value is -4.44. The van der Waals surface area contributed by atoms with Crippen LogP contribution in [0.2, 0.25) is 0 Å². The van der Waals surface area contributed by atoms with Gasteiger partial charge in [0.25, 0.3) is 0 Å². The third kappa shape index (κ3) is 3.91. The van der Waals surface area contributed by atoms with Gasteiger partial charge in [-0.25, -0.2) is 9.37 Å². The molecule has 6 aromatic rings. The molecule has 0 aliphatic rings. The van der Waals surface area contributed by atoms with Gasteiger partial charge in [0.05, 0.1) is 27.8 Å². The Morgan fingerprint density at radius 2 is 2.06 bits per heavy atom. The minimum Gasteiger partial charge on any atom is -0.336 e. The highest BCUT2D eigenvalue weighted by Crippen LogP contribution is 2.34. The number of anilines is 1. The summed E-state index contributed by atoms with van der Waals surface area (Å²) in [6.45, 7) is 1.93. The first kappa shape index (κ1) is 22.1. The number of H-pyrrole nitrogens is 2. The number of fused-ring (bicyclic) bond motifs is 2. The fourth-order valence-electron chi connectivity index (χ4n) is 4.19. The maximum Gasteiger partial charge on any atom is 0.224 e. The quantitative estimate of drug-likeness (QED) is 0.255. The standard InChI is InChI=1S/C26H20FN7OS/c1-2-4-22(35)30-15-9-14(12-28-13-15)16-10-17-20(11-18(16)27)33-34-23(17)26-31-19-6-7-29-25(24(19)32-26)21-5-3-8-36-21/h3,5-13H,2,4H2,1H3,(H,30,35)(H,31,32)(H,33,34). The molecule has 0 bridgehead atoms. The van der Waals surface area contributed by atoms with E-state index < -0.39 is 5.82 Å². The fourth-order valence-corrected chi connectivity index (χ4v) is 4.91. The van der Waals surface area contributed by atoms with Crippen LogP contribution >= 0.6 is 11.3 Å². The van der Waals surface area contributed by atoms with Crippen LogP contribution in [0.5, 0.6) is 0 Å². The van der Waals surface area contributed by atoms with Crippen LogP contribution < -0.4 is 5.32 Å². The number of halogens is 1. The maximum absolute atomic E-state index is 15.1. The van der Waals surface area contributed by atoms with Crippen molar-refractivity contribution in [3.63, 3.8) is 0 Å². The zero-order valence-electron chi connectivity index (χ0n) is 19.2. The number of hydrogen-bond acceptors (Lipinski definition) is 6. The monoisotopic (exact) mass is 497 g/mol. The molecule has 10 heteroatoms. The summed E-state index contributed by atoms with van der Waals surface area (Å²) in [6, 6.07) is 10.7. The highest BCUT2D eigenvalue weighted by atomic mass is 32.1. The lowest BCUT2D eigenvalue weighted by Gasteiger charge is -2.08. The number of amides is 1. The van der Waals surface area contributed by atoms with Crippen molar-refractivity contribution >= 4 is 44.9 Å². The Balaban J connectivity index is 1.43. The van der Waals surface area contributed by atoms with Crippen molar-refractivity contribution in [3.8, 4) is 33.2 Å². The molecule has 3 N–H and O–H groups in total. The highest BCUT2D eigenvalue weighted by molar-refractivity contribution is 7.13. The predicted molar refractivity (Wildman–Crippen MR) is 139 cm³/mol. The average Bonchev–Trinajstić information content (AvgIpc) is 3.62. The van der Waals surface area contributed by atoms with Crippen LogP contribution in [-0.2, 0) is 4.79 Å². The lowest BCUT2D eigenvalue weighted by Crippen LogP contribution is -2.10. The van der Waals surface area contributed by atoms with Gasteiger partial charge in [0, 0.05) is 41.4 Å². The molecular formula is C26H20FN7OS. The Labute approximate surface area is 208 Å². The number of imidazole rings is 1. The van der Waals surface area contributed by atoms with Crippen molar-refractivity contribution in [2.24, 2.45) is 0 Å². The third-order valence-corrected chi connectivity index (χ3v) is 6.72. The second-order valence-electron chi connectivity index (χ2n) is 8.33. The topological polar surface area (TPSA) is 112 Å². The number of hydrogen-bond donors (Lipinski definition) is 3. The van der Waals surface area contributed by atoms with Crippen molar-refractivity contribution < 1.29 is 9.18 Å². The second kappa shape index (κ2) is 8.97. The predicted octanol–water partition coefficient (Wildman–Crippen LogP) is 6.17. The molecule has 1 amide bonds. The van der Waals surface area contributed by atoms with E-state index in [1.54, 1.807) is 42.1 Å². The van der Waals surface area contributed by atoms with Crippen molar-refractivity contribution in [2.45, 2.75) is 19.8 Å². The first-order valence-electron chi connectivity index (χ1n) is 11.4. The van der Waals surface area contributed by atoms with Gasteiger partial charge in [-0.3, -0.25) is 19.9 Å². The first-order chi connectivity index (χ1) is 17.6. The average molecular weight is 498 g/mol. The number of carbonyl (C=O) groups is 1. The van der Waals surface area contributed by atoms with Gasteiger partial charge in [0.2, 0.25) is 5.91 Å². The van der Waals surface area contributed by atoms with Crippen molar-refractivity contribution in [3.05, 3.63) is 66.2 Å². The largest absolute Gasteiger partial charge is 0.336 e. The minimum absolute atomic E-state index is 0.106. The van der Waals surface area contributed by atoms with Crippen molar-refractivity contribution in [2.75, 3.05) is 5.32 Å². The van der Waals surface area contributed by atoms with E-state index in [2.05, 4.69) is 30.5 Å². The number of rotatable bonds is 6. The summed E-state index contributed by atoms with van der Waals surface area (Å²) in [4.78, 5) is 29.9. The van der Waals surface area contributed by atoms with E-state index in [-0.39, 0.29) is 5.91 Å². The van der Waals surface area contributed by atoms with Gasteiger partial charge in [0.1, 0.15) is 22.7 Å². The summed E-state index contributed by atoms with van der Waals surface area (Å²) in [5, 5.41) is 12.9. The van der Waals surface area contributed by atoms with Gasteiger partial charge in [-0.05, 0) is 36.1 Å². The highest BCUT2D eigenvalue weighted by Gasteiger charge is 2.18. The van der Waals surface area contributed by atoms with Crippen LogP contribution in [0.1, 0.15) is 19.8 Å². The molecule has 1 aromatic carbocycles. The number of pyridine rings is 2. The third-order valence-electron chi connectivity index (χ3n) is 5.84. The zero-order chi connectivity index (χ0) is 24.6. The molecule has 0 spiro atoms. The molecule has 8 nitrogen and oxygen atoms in total. The Morgan fingerprint density at radius 1 is 1.14 bits per heavy atom. The van der Waals surface area contributed by atoms with Gasteiger partial charge in [-0.2, -0.15) is 5.10 Å². The number of aromatic amines is 2. The van der Waals surface area contributed by atoms with Crippen molar-refractivity contribution in [1.82, 2.24) is 30.1 Å². The molecule has 0 saturated carbocycles. The summed E-state index contributed by atoms with van der Waals surface area (Å²) in [6.07, 6.45) is 6.00. The van der Waals surface area contributed by atoms with Crippen LogP contribution in [0.4, 0.5) is 10.1 Å². The van der Waals surface area contributed by atoms with Crippen LogP contribution in [0.15, 0.2) is 60.4 Å². The lowest BCUT2D eigenvalue weighted by atomic mass is 10.0. The molecule has 0 aliphatic heterocycles. The van der Waals surface area contributed by atoms with E-state index in [1.165, 1.54) is 6.07 Å². The van der Waals surface area contributed by atoms with E-state index in [1.807, 2.05) is 30.5 Å². The minimum atomic E-state index is -0.426. The molecule has 6 rings (SSSR count). The molecule has 5 heterocycles. The Kier molecular flexibility index (Phi) is 5.49. The SMILES string of the molecule is CCCC(=O)Nc1cncc(-c2cc3c(-c4nc5c(-c6cccs6)nccc5[nH]4)n[nH]c3cc2F)c1. The number of nitrogens with one attached hydrogen (secondary N) is 3. The molecule has 0 unspecified atom stereocenters. The molecule has 0 aliphatic carbocycles. The van der Waals surface area contributed by atoms with Gasteiger partial charge in [-0.1, -0.05) is 13.0 Å².